The second-order valence-electron chi connectivity index (χ2n) is 11.6. The lowest BCUT2D eigenvalue weighted by Gasteiger charge is -2.36. The molecule has 0 aliphatic heterocycles. The number of aliphatic carboxylic acids is 1. The lowest BCUT2D eigenvalue weighted by atomic mass is 9.75. The fraction of sp³-hybridized carbons (Fsp3) is 0.146. The van der Waals surface area contributed by atoms with E-state index in [-0.39, 0.29) is 25.4 Å². The van der Waals surface area contributed by atoms with Gasteiger partial charge in [-0.3, -0.25) is 4.79 Å². The molecule has 9 nitrogen and oxygen atoms in total. The Hall–Kier alpha value is -6.03. The molecule has 0 aromatic heterocycles. The van der Waals surface area contributed by atoms with E-state index in [9.17, 15) is 29.7 Å². The van der Waals surface area contributed by atoms with Crippen LogP contribution in [0.5, 0.6) is 11.5 Å². The third-order valence-electron chi connectivity index (χ3n) is 7.99. The van der Waals surface area contributed by atoms with Gasteiger partial charge in [-0.1, -0.05) is 133 Å². The summed E-state index contributed by atoms with van der Waals surface area (Å²) in [5.74, 6) is -4.28. The molecule has 0 amide bonds. The van der Waals surface area contributed by atoms with E-state index in [0.717, 1.165) is 17.2 Å². The maximum atomic E-state index is 13.7. The number of benzene rings is 5. The van der Waals surface area contributed by atoms with Gasteiger partial charge >= 0.3 is 11.9 Å². The molecular weight excluding hydrogens is 636 g/mol. The quantitative estimate of drug-likeness (QED) is 0.0658. The zero-order valence-corrected chi connectivity index (χ0v) is 27.1. The van der Waals surface area contributed by atoms with E-state index in [0.29, 0.717) is 22.6 Å². The maximum Gasteiger partial charge on any atom is 0.347 e. The number of aliphatic hydroxyl groups is 2. The summed E-state index contributed by atoms with van der Waals surface area (Å²) in [4.78, 5) is 39.9. The molecule has 0 aliphatic rings. The van der Waals surface area contributed by atoms with Crippen molar-refractivity contribution in [2.24, 2.45) is 0 Å². The summed E-state index contributed by atoms with van der Waals surface area (Å²) in [5, 5.41) is 33.6. The Morgan fingerprint density at radius 3 is 1.54 bits per heavy atom. The molecule has 5 rings (SSSR count). The smallest absolute Gasteiger partial charge is 0.347 e. The van der Waals surface area contributed by atoms with Crippen LogP contribution in [0.2, 0.25) is 0 Å². The van der Waals surface area contributed by atoms with Crippen molar-refractivity contribution in [2.45, 2.75) is 37.4 Å². The number of ketones is 1. The molecule has 0 bridgehead atoms. The number of hydrogen-bond acceptors (Lipinski definition) is 8. The number of rotatable bonds is 16. The number of carbonyl (C=O) groups is 3. The van der Waals surface area contributed by atoms with E-state index in [2.05, 4.69) is 0 Å². The highest BCUT2D eigenvalue weighted by Gasteiger charge is 2.65. The highest BCUT2D eigenvalue weighted by Crippen LogP contribution is 2.33. The monoisotopic (exact) mass is 672 g/mol. The molecule has 0 spiro atoms. The second-order valence-corrected chi connectivity index (χ2v) is 11.6. The molecule has 0 heterocycles. The van der Waals surface area contributed by atoms with Crippen molar-refractivity contribution in [3.05, 3.63) is 173 Å². The van der Waals surface area contributed by atoms with Gasteiger partial charge in [0.05, 0.1) is 0 Å². The van der Waals surface area contributed by atoms with Crippen LogP contribution in [0, 0.1) is 0 Å². The Morgan fingerprint density at radius 2 is 1.04 bits per heavy atom. The first kappa shape index (κ1) is 35.3. The number of carboxylic acids is 1. The summed E-state index contributed by atoms with van der Waals surface area (Å²) in [6.07, 6.45) is 1.33. The highest BCUT2D eigenvalue weighted by atomic mass is 16.6. The number of esters is 1. The first-order valence-electron chi connectivity index (χ1n) is 15.8. The molecule has 0 saturated heterocycles. The normalized spacial score (nSPS) is 13.5. The largest absolute Gasteiger partial charge is 0.485 e. The molecule has 0 radical (unpaired) electrons. The van der Waals surface area contributed by atoms with Crippen LogP contribution in [0.15, 0.2) is 146 Å². The molecule has 50 heavy (non-hydrogen) atoms. The molecule has 9 heteroatoms. The summed E-state index contributed by atoms with van der Waals surface area (Å²) >= 11 is 0. The van der Waals surface area contributed by atoms with Crippen LogP contribution in [0.3, 0.4) is 0 Å². The minimum atomic E-state index is -3.63. The van der Waals surface area contributed by atoms with E-state index in [4.69, 9.17) is 14.2 Å². The van der Waals surface area contributed by atoms with Crippen LogP contribution >= 0.6 is 0 Å². The Labute approximate surface area is 289 Å². The van der Waals surface area contributed by atoms with E-state index >= 15 is 0 Å². The zero-order chi connectivity index (χ0) is 35.4. The van der Waals surface area contributed by atoms with E-state index in [1.54, 1.807) is 66.7 Å². The summed E-state index contributed by atoms with van der Waals surface area (Å²) < 4.78 is 17.4. The summed E-state index contributed by atoms with van der Waals surface area (Å²) in [6.45, 7) is 0.147. The van der Waals surface area contributed by atoms with Crippen molar-refractivity contribution in [3.8, 4) is 11.5 Å². The van der Waals surface area contributed by atoms with Gasteiger partial charge in [0.2, 0.25) is 11.4 Å². The summed E-state index contributed by atoms with van der Waals surface area (Å²) in [5.41, 5.74) is -3.77. The minimum Gasteiger partial charge on any atom is -0.485 e. The first-order valence-corrected chi connectivity index (χ1v) is 15.8. The summed E-state index contributed by atoms with van der Waals surface area (Å²) in [7, 11) is 0. The molecule has 0 fully saturated rings. The standard InChI is InChI=1S/C41H36O9/c42-37(41(47,38(43)44)40(46,26-31-13-5-1-6-14-31)39(45)50-29-34-19-11-4-12-20-34)24-22-30-21-23-35(48-27-32-15-7-2-8-16-32)36(25-30)49-28-33-17-9-3-10-18-33/h1-25,46-47H,26-29H2,(H,43,44). The number of hydrogen-bond donors (Lipinski definition) is 3. The van der Waals surface area contributed by atoms with Gasteiger partial charge in [0.25, 0.3) is 5.60 Å². The van der Waals surface area contributed by atoms with Crippen molar-refractivity contribution < 1.29 is 43.9 Å². The lowest BCUT2D eigenvalue weighted by Crippen LogP contribution is -2.69. The van der Waals surface area contributed by atoms with Crippen LogP contribution in [-0.2, 0) is 45.4 Å². The average Bonchev–Trinajstić information content (AvgIpc) is 3.15. The molecule has 2 unspecified atom stereocenters. The minimum absolute atomic E-state index is 0.213. The van der Waals surface area contributed by atoms with Crippen LogP contribution in [-0.4, -0.2) is 44.2 Å². The van der Waals surface area contributed by atoms with Crippen molar-refractivity contribution >= 4 is 23.8 Å². The van der Waals surface area contributed by atoms with Crippen LogP contribution < -0.4 is 9.47 Å². The van der Waals surface area contributed by atoms with Gasteiger partial charge in [-0.15, -0.1) is 0 Å². The predicted molar refractivity (Wildman–Crippen MR) is 186 cm³/mol. The third kappa shape index (κ3) is 8.51. The molecule has 2 atom stereocenters. The SMILES string of the molecule is O=C(OCc1ccccc1)C(O)(Cc1ccccc1)C(O)(C(=O)O)C(=O)C=Cc1ccc(OCc2ccccc2)c(OCc2ccccc2)c1. The van der Waals surface area contributed by atoms with Crippen LogP contribution in [0.1, 0.15) is 27.8 Å². The van der Waals surface area contributed by atoms with Gasteiger partial charge in [-0.25, -0.2) is 9.59 Å². The Kier molecular flexibility index (Phi) is 11.6. The molecule has 0 saturated carbocycles. The fourth-order valence-electron chi connectivity index (χ4n) is 5.19. The maximum absolute atomic E-state index is 13.7. The van der Waals surface area contributed by atoms with Gasteiger partial charge in [-0.2, -0.15) is 0 Å². The van der Waals surface area contributed by atoms with Gasteiger partial charge in [0, 0.05) is 6.42 Å². The predicted octanol–water partition coefficient (Wildman–Crippen LogP) is 5.96. The van der Waals surface area contributed by atoms with E-state index in [1.807, 2.05) is 60.7 Å². The topological polar surface area (TPSA) is 140 Å². The number of carboxylic acid groups (broad SMARTS) is 1. The van der Waals surface area contributed by atoms with Crippen molar-refractivity contribution in [1.82, 2.24) is 0 Å². The van der Waals surface area contributed by atoms with Crippen LogP contribution in [0.4, 0.5) is 0 Å². The van der Waals surface area contributed by atoms with Gasteiger partial charge in [-0.05, 0) is 46.0 Å². The Balaban J connectivity index is 1.43. The zero-order valence-electron chi connectivity index (χ0n) is 27.1. The Bertz CT molecular complexity index is 1910. The van der Waals surface area contributed by atoms with Gasteiger partial charge in [0.1, 0.15) is 19.8 Å². The third-order valence-corrected chi connectivity index (χ3v) is 7.99. The first-order chi connectivity index (χ1) is 24.2. The van der Waals surface area contributed by atoms with E-state index in [1.165, 1.54) is 18.2 Å². The molecule has 0 aliphatic carbocycles. The lowest BCUT2D eigenvalue weighted by molar-refractivity contribution is -0.209. The van der Waals surface area contributed by atoms with Crippen molar-refractivity contribution in [1.29, 1.82) is 0 Å². The molecular formula is C41H36O9. The summed E-state index contributed by atoms with van der Waals surface area (Å²) in [6, 6.07) is 40.3. The van der Waals surface area contributed by atoms with Crippen molar-refractivity contribution in [2.75, 3.05) is 0 Å². The molecule has 254 valence electrons. The molecule has 5 aromatic carbocycles. The van der Waals surface area contributed by atoms with E-state index < -0.39 is 35.3 Å². The van der Waals surface area contributed by atoms with Gasteiger partial charge in [0.15, 0.2) is 11.5 Å². The number of carbonyl (C=O) groups excluding carboxylic acids is 2. The number of ether oxygens (including phenoxy) is 3. The second kappa shape index (κ2) is 16.4. The average molecular weight is 673 g/mol. The Morgan fingerprint density at radius 1 is 0.580 bits per heavy atom. The van der Waals surface area contributed by atoms with Gasteiger partial charge < -0.3 is 29.5 Å². The van der Waals surface area contributed by atoms with Crippen LogP contribution in [0.25, 0.3) is 6.08 Å². The molecule has 3 N–H and O–H groups in total. The molecule has 5 aromatic rings. The van der Waals surface area contributed by atoms with Crippen molar-refractivity contribution in [3.63, 3.8) is 0 Å². The highest BCUT2D eigenvalue weighted by molar-refractivity contribution is 6.17. The fourth-order valence-corrected chi connectivity index (χ4v) is 5.19.